The number of ether oxygens (including phenoxy) is 1. The van der Waals surface area contributed by atoms with Gasteiger partial charge in [-0.15, -0.1) is 11.8 Å². The van der Waals surface area contributed by atoms with Gasteiger partial charge >= 0.3 is 0 Å². The fraction of sp³-hybridized carbons (Fsp3) is 0.278. The number of benzene rings is 2. The summed E-state index contributed by atoms with van der Waals surface area (Å²) in [7, 11) is 1.54. The summed E-state index contributed by atoms with van der Waals surface area (Å²) in [5.41, 5.74) is 1.69. The van der Waals surface area contributed by atoms with E-state index in [2.05, 4.69) is 5.32 Å². The van der Waals surface area contributed by atoms with Crippen LogP contribution < -0.4 is 10.1 Å². The van der Waals surface area contributed by atoms with Crippen LogP contribution in [0.3, 0.4) is 0 Å². The van der Waals surface area contributed by atoms with E-state index >= 15 is 0 Å². The minimum absolute atomic E-state index is 0.0807. The summed E-state index contributed by atoms with van der Waals surface area (Å²) in [6, 6.07) is 11.6. The van der Waals surface area contributed by atoms with Crippen LogP contribution in [0, 0.1) is 5.82 Å². The number of halogens is 2. The number of hydrogen-bond acceptors (Lipinski definition) is 3. The number of amides is 1. The average Bonchev–Trinajstić information content (AvgIpc) is 2.55. The van der Waals surface area contributed by atoms with Crippen molar-refractivity contribution in [1.29, 1.82) is 0 Å². The number of hydrogen-bond donors (Lipinski definition) is 1. The van der Waals surface area contributed by atoms with E-state index in [0.717, 1.165) is 11.1 Å². The van der Waals surface area contributed by atoms with E-state index in [1.807, 2.05) is 25.1 Å². The Morgan fingerprint density at radius 2 is 2.12 bits per heavy atom. The fourth-order valence-corrected chi connectivity index (χ4v) is 3.27. The third-order valence-electron chi connectivity index (χ3n) is 3.46. The molecule has 0 unspecified atom stereocenters. The first kappa shape index (κ1) is 18.6. The van der Waals surface area contributed by atoms with Crippen molar-refractivity contribution >= 4 is 29.3 Å². The maximum Gasteiger partial charge on any atom is 0.230 e. The first-order chi connectivity index (χ1) is 11.5. The highest BCUT2D eigenvalue weighted by molar-refractivity contribution is 7.99. The van der Waals surface area contributed by atoms with Crippen molar-refractivity contribution in [3.63, 3.8) is 0 Å². The zero-order valence-corrected chi connectivity index (χ0v) is 15.1. The molecule has 0 aliphatic heterocycles. The van der Waals surface area contributed by atoms with Gasteiger partial charge in [0.2, 0.25) is 5.91 Å². The topological polar surface area (TPSA) is 38.3 Å². The van der Waals surface area contributed by atoms with Crippen LogP contribution in [0.25, 0.3) is 0 Å². The van der Waals surface area contributed by atoms with E-state index < -0.39 is 0 Å². The Hall–Kier alpha value is -1.72. The van der Waals surface area contributed by atoms with Crippen LogP contribution in [0.2, 0.25) is 5.02 Å². The van der Waals surface area contributed by atoms with Crippen molar-refractivity contribution < 1.29 is 13.9 Å². The number of rotatable bonds is 7. The zero-order chi connectivity index (χ0) is 17.5. The Labute approximate surface area is 150 Å². The van der Waals surface area contributed by atoms with Crippen LogP contribution in [0.1, 0.15) is 24.1 Å². The molecule has 0 aliphatic carbocycles. The standard InChI is InChI=1S/C18H19ClFNO2S/c1-12(13-4-3-5-15(19)8-13)21-18(22)11-24-10-14-9-16(20)6-7-17(14)23-2/h3-9,12H,10-11H2,1-2H3,(H,21,22)/t12-/m0/s1. The lowest BCUT2D eigenvalue weighted by molar-refractivity contribution is -0.119. The molecule has 0 radical (unpaired) electrons. The number of methoxy groups -OCH3 is 1. The fourth-order valence-electron chi connectivity index (χ4n) is 2.26. The van der Waals surface area contributed by atoms with Crippen LogP contribution in [0.5, 0.6) is 5.75 Å². The second-order valence-corrected chi connectivity index (χ2v) is 6.72. The molecular formula is C18H19ClFNO2S. The summed E-state index contributed by atoms with van der Waals surface area (Å²) in [4.78, 5) is 12.1. The molecule has 0 bridgehead atoms. The maximum absolute atomic E-state index is 13.3. The first-order valence-electron chi connectivity index (χ1n) is 7.44. The van der Waals surface area contributed by atoms with E-state index in [-0.39, 0.29) is 23.5 Å². The predicted octanol–water partition coefficient (Wildman–Crippen LogP) is 4.60. The summed E-state index contributed by atoms with van der Waals surface area (Å²) >= 11 is 7.37. The summed E-state index contributed by atoms with van der Waals surface area (Å²) in [5, 5.41) is 3.57. The Morgan fingerprint density at radius 3 is 2.83 bits per heavy atom. The van der Waals surface area contributed by atoms with Gasteiger partial charge in [0.25, 0.3) is 0 Å². The Balaban J connectivity index is 1.84. The molecule has 0 heterocycles. The molecule has 0 aliphatic rings. The molecular weight excluding hydrogens is 349 g/mol. The zero-order valence-electron chi connectivity index (χ0n) is 13.5. The van der Waals surface area contributed by atoms with Gasteiger partial charge in [-0.05, 0) is 42.8 Å². The third kappa shape index (κ3) is 5.42. The van der Waals surface area contributed by atoms with Crippen LogP contribution in [0.15, 0.2) is 42.5 Å². The lowest BCUT2D eigenvalue weighted by Gasteiger charge is -2.14. The van der Waals surface area contributed by atoms with Gasteiger partial charge in [0.1, 0.15) is 11.6 Å². The van der Waals surface area contributed by atoms with Crippen molar-refractivity contribution in [2.24, 2.45) is 0 Å². The maximum atomic E-state index is 13.3. The highest BCUT2D eigenvalue weighted by Crippen LogP contribution is 2.24. The molecule has 2 aromatic rings. The molecule has 1 atom stereocenters. The largest absolute Gasteiger partial charge is 0.496 e. The molecule has 24 heavy (non-hydrogen) atoms. The molecule has 0 spiro atoms. The summed E-state index contributed by atoms with van der Waals surface area (Å²) in [6.07, 6.45) is 0. The second kappa shape index (κ2) is 8.94. The van der Waals surface area contributed by atoms with Gasteiger partial charge < -0.3 is 10.1 Å². The van der Waals surface area contributed by atoms with E-state index in [1.54, 1.807) is 19.2 Å². The van der Waals surface area contributed by atoms with E-state index in [4.69, 9.17) is 16.3 Å². The van der Waals surface area contributed by atoms with Crippen molar-refractivity contribution in [2.75, 3.05) is 12.9 Å². The average molecular weight is 368 g/mol. The number of nitrogens with one attached hydrogen (secondary N) is 1. The van der Waals surface area contributed by atoms with E-state index in [9.17, 15) is 9.18 Å². The normalized spacial score (nSPS) is 11.8. The second-order valence-electron chi connectivity index (χ2n) is 5.29. The van der Waals surface area contributed by atoms with Crippen molar-refractivity contribution in [3.8, 4) is 5.75 Å². The van der Waals surface area contributed by atoms with Crippen molar-refractivity contribution in [3.05, 3.63) is 64.4 Å². The molecule has 2 aromatic carbocycles. The van der Waals surface area contributed by atoms with Gasteiger partial charge in [0, 0.05) is 16.3 Å². The predicted molar refractivity (Wildman–Crippen MR) is 97.1 cm³/mol. The van der Waals surface area contributed by atoms with Gasteiger partial charge in [0.05, 0.1) is 18.9 Å². The van der Waals surface area contributed by atoms with Crippen LogP contribution in [0.4, 0.5) is 4.39 Å². The quantitative estimate of drug-likeness (QED) is 0.777. The molecule has 1 amide bonds. The molecule has 0 aromatic heterocycles. The first-order valence-corrected chi connectivity index (χ1v) is 8.98. The molecule has 1 N–H and O–H groups in total. The van der Waals surface area contributed by atoms with Gasteiger partial charge in [-0.25, -0.2) is 4.39 Å². The SMILES string of the molecule is COc1ccc(F)cc1CSCC(=O)N[C@@H](C)c1cccc(Cl)c1. The molecule has 3 nitrogen and oxygen atoms in total. The van der Waals surface area contributed by atoms with E-state index in [1.165, 1.54) is 23.9 Å². The lowest BCUT2D eigenvalue weighted by Crippen LogP contribution is -2.28. The van der Waals surface area contributed by atoms with E-state index in [0.29, 0.717) is 16.5 Å². The Bertz CT molecular complexity index is 711. The van der Waals surface area contributed by atoms with Gasteiger partial charge in [-0.2, -0.15) is 0 Å². The minimum atomic E-state index is -0.314. The van der Waals surface area contributed by atoms with Crippen LogP contribution >= 0.6 is 23.4 Å². The van der Waals surface area contributed by atoms with Crippen molar-refractivity contribution in [2.45, 2.75) is 18.7 Å². The summed E-state index contributed by atoms with van der Waals surface area (Å²) in [6.45, 7) is 1.91. The van der Waals surface area contributed by atoms with Gasteiger partial charge in [0.15, 0.2) is 0 Å². The smallest absolute Gasteiger partial charge is 0.230 e. The van der Waals surface area contributed by atoms with Crippen molar-refractivity contribution in [1.82, 2.24) is 5.32 Å². The highest BCUT2D eigenvalue weighted by Gasteiger charge is 2.11. The molecule has 0 fully saturated rings. The molecule has 6 heteroatoms. The monoisotopic (exact) mass is 367 g/mol. The highest BCUT2D eigenvalue weighted by atomic mass is 35.5. The van der Waals surface area contributed by atoms with Gasteiger partial charge in [-0.1, -0.05) is 23.7 Å². The minimum Gasteiger partial charge on any atom is -0.496 e. The molecule has 0 saturated heterocycles. The Morgan fingerprint density at radius 1 is 1.33 bits per heavy atom. The third-order valence-corrected chi connectivity index (χ3v) is 4.68. The van der Waals surface area contributed by atoms with Crippen LogP contribution in [-0.2, 0) is 10.5 Å². The molecule has 128 valence electrons. The Kier molecular flexibility index (Phi) is 6.94. The lowest BCUT2D eigenvalue weighted by atomic mass is 10.1. The van der Waals surface area contributed by atoms with Crippen LogP contribution in [-0.4, -0.2) is 18.8 Å². The summed E-state index contributed by atoms with van der Waals surface area (Å²) < 4.78 is 18.5. The number of carbonyl (C=O) groups excluding carboxylic acids is 1. The number of thioether (sulfide) groups is 1. The van der Waals surface area contributed by atoms with Gasteiger partial charge in [-0.3, -0.25) is 4.79 Å². The summed E-state index contributed by atoms with van der Waals surface area (Å²) in [5.74, 6) is 1.01. The number of carbonyl (C=O) groups is 1. The molecule has 0 saturated carbocycles. The molecule has 2 rings (SSSR count).